The second kappa shape index (κ2) is 5.82. The number of amides is 1. The zero-order chi connectivity index (χ0) is 14.8. The van der Waals surface area contributed by atoms with Gasteiger partial charge in [0.2, 0.25) is 5.91 Å². The summed E-state index contributed by atoms with van der Waals surface area (Å²) >= 11 is 1.60. The second-order valence-corrected chi connectivity index (χ2v) is 7.72. The van der Waals surface area contributed by atoms with Gasteiger partial charge in [-0.2, -0.15) is 0 Å². The summed E-state index contributed by atoms with van der Waals surface area (Å²) in [5, 5.41) is 5.97. The molecule has 0 bridgehead atoms. The molecule has 1 aliphatic rings. The highest BCUT2D eigenvalue weighted by Crippen LogP contribution is 2.27. The molecule has 1 aromatic rings. The van der Waals surface area contributed by atoms with Gasteiger partial charge < -0.3 is 11.1 Å². The Bertz CT molecular complexity index is 470. The lowest BCUT2D eigenvalue weighted by molar-refractivity contribution is -0.127. The molecule has 1 fully saturated rings. The van der Waals surface area contributed by atoms with Gasteiger partial charge >= 0.3 is 0 Å². The molecule has 0 unspecified atom stereocenters. The topological polar surface area (TPSA) is 68.0 Å². The number of aromatic nitrogens is 1. The van der Waals surface area contributed by atoms with Gasteiger partial charge in [0.1, 0.15) is 5.01 Å². The highest BCUT2D eigenvalue weighted by Gasteiger charge is 2.35. The Hall–Kier alpha value is -0.940. The van der Waals surface area contributed by atoms with Gasteiger partial charge in [0.15, 0.2) is 0 Å². The lowest BCUT2D eigenvalue weighted by atomic mass is 9.82. The third-order valence-electron chi connectivity index (χ3n) is 3.92. The molecular formula is C15H25N3OS. The SMILES string of the molecule is CC(C)(C)c1csc(CNC(=O)C2(N)CCCCC2)n1. The van der Waals surface area contributed by atoms with Crippen molar-refractivity contribution in [3.8, 4) is 0 Å². The van der Waals surface area contributed by atoms with Crippen LogP contribution in [0.25, 0.3) is 0 Å². The molecule has 0 atom stereocenters. The highest BCUT2D eigenvalue weighted by atomic mass is 32.1. The van der Waals surface area contributed by atoms with Crippen LogP contribution in [0.2, 0.25) is 0 Å². The molecule has 0 aromatic carbocycles. The molecule has 3 N–H and O–H groups in total. The van der Waals surface area contributed by atoms with E-state index in [-0.39, 0.29) is 11.3 Å². The maximum Gasteiger partial charge on any atom is 0.240 e. The van der Waals surface area contributed by atoms with Crippen LogP contribution in [0.15, 0.2) is 5.38 Å². The van der Waals surface area contributed by atoms with E-state index in [2.05, 4.69) is 36.5 Å². The Morgan fingerprint density at radius 3 is 2.60 bits per heavy atom. The minimum absolute atomic E-state index is 0.0234. The van der Waals surface area contributed by atoms with E-state index in [4.69, 9.17) is 5.73 Å². The molecule has 4 nitrogen and oxygen atoms in total. The fraction of sp³-hybridized carbons (Fsp3) is 0.733. The van der Waals surface area contributed by atoms with Gasteiger partial charge in [-0.3, -0.25) is 4.79 Å². The molecular weight excluding hydrogens is 270 g/mol. The summed E-state index contributed by atoms with van der Waals surface area (Å²) in [4.78, 5) is 16.8. The zero-order valence-corrected chi connectivity index (χ0v) is 13.5. The third-order valence-corrected chi connectivity index (χ3v) is 4.77. The Morgan fingerprint density at radius 2 is 2.05 bits per heavy atom. The van der Waals surface area contributed by atoms with Gasteiger partial charge in [-0.15, -0.1) is 11.3 Å². The molecule has 20 heavy (non-hydrogen) atoms. The van der Waals surface area contributed by atoms with Gasteiger partial charge in [0.05, 0.1) is 17.8 Å². The van der Waals surface area contributed by atoms with E-state index in [1.54, 1.807) is 11.3 Å². The minimum atomic E-state index is -0.664. The molecule has 0 aliphatic heterocycles. The number of carbonyl (C=O) groups excluding carboxylic acids is 1. The molecule has 1 amide bonds. The summed E-state index contributed by atoms with van der Waals surface area (Å²) in [6, 6.07) is 0. The smallest absolute Gasteiger partial charge is 0.240 e. The quantitative estimate of drug-likeness (QED) is 0.901. The molecule has 0 radical (unpaired) electrons. The van der Waals surface area contributed by atoms with Gasteiger partial charge in [-0.05, 0) is 12.8 Å². The van der Waals surface area contributed by atoms with Gasteiger partial charge in [0, 0.05) is 10.8 Å². The first-order valence-electron chi connectivity index (χ1n) is 7.33. The lowest BCUT2D eigenvalue weighted by Crippen LogP contribution is -2.54. The molecule has 1 aromatic heterocycles. The van der Waals surface area contributed by atoms with Crippen LogP contribution in [0.4, 0.5) is 0 Å². The summed E-state index contributed by atoms with van der Waals surface area (Å²) in [6.45, 7) is 6.91. The Balaban J connectivity index is 1.91. The second-order valence-electron chi connectivity index (χ2n) is 6.78. The largest absolute Gasteiger partial charge is 0.348 e. The van der Waals surface area contributed by atoms with Gasteiger partial charge in [0.25, 0.3) is 0 Å². The van der Waals surface area contributed by atoms with E-state index in [0.717, 1.165) is 36.4 Å². The number of hydrogen-bond acceptors (Lipinski definition) is 4. The molecule has 0 saturated heterocycles. The van der Waals surface area contributed by atoms with Crippen LogP contribution in [0.5, 0.6) is 0 Å². The predicted octanol–water partition coefficient (Wildman–Crippen LogP) is 2.72. The fourth-order valence-corrected chi connectivity index (χ4v) is 3.44. The summed E-state index contributed by atoms with van der Waals surface area (Å²) in [6.07, 6.45) is 4.88. The summed E-state index contributed by atoms with van der Waals surface area (Å²) < 4.78 is 0. The van der Waals surface area contributed by atoms with Crippen LogP contribution < -0.4 is 11.1 Å². The molecule has 1 saturated carbocycles. The van der Waals surface area contributed by atoms with Crippen molar-refractivity contribution >= 4 is 17.2 Å². The maximum absolute atomic E-state index is 12.2. The summed E-state index contributed by atoms with van der Waals surface area (Å²) in [5.41, 5.74) is 6.68. The molecule has 5 heteroatoms. The van der Waals surface area contributed by atoms with Gasteiger partial charge in [-0.1, -0.05) is 40.0 Å². The number of carbonyl (C=O) groups is 1. The zero-order valence-electron chi connectivity index (χ0n) is 12.7. The van der Waals surface area contributed by atoms with E-state index in [0.29, 0.717) is 6.54 Å². The molecule has 112 valence electrons. The number of nitrogens with zero attached hydrogens (tertiary/aromatic N) is 1. The number of nitrogens with two attached hydrogens (primary N) is 1. The van der Waals surface area contributed by atoms with E-state index in [1.807, 2.05) is 0 Å². The fourth-order valence-electron chi connectivity index (χ4n) is 2.48. The highest BCUT2D eigenvalue weighted by molar-refractivity contribution is 7.09. The van der Waals surface area contributed by atoms with E-state index in [9.17, 15) is 4.79 Å². The van der Waals surface area contributed by atoms with Crippen LogP contribution in [0.1, 0.15) is 63.6 Å². The Labute approximate surface area is 125 Å². The van der Waals surface area contributed by atoms with Crippen LogP contribution in [-0.2, 0) is 16.8 Å². The van der Waals surface area contributed by atoms with Crippen LogP contribution in [0.3, 0.4) is 0 Å². The van der Waals surface area contributed by atoms with Crippen molar-refractivity contribution in [1.29, 1.82) is 0 Å². The van der Waals surface area contributed by atoms with E-state index in [1.165, 1.54) is 6.42 Å². The van der Waals surface area contributed by atoms with Crippen LogP contribution in [0, 0.1) is 0 Å². The number of hydrogen-bond donors (Lipinski definition) is 2. The number of rotatable bonds is 3. The molecule has 1 heterocycles. The average molecular weight is 295 g/mol. The average Bonchev–Trinajstić information content (AvgIpc) is 2.85. The van der Waals surface area contributed by atoms with E-state index < -0.39 is 5.54 Å². The lowest BCUT2D eigenvalue weighted by Gasteiger charge is -2.31. The Kier molecular flexibility index (Phi) is 4.49. The predicted molar refractivity (Wildman–Crippen MR) is 82.7 cm³/mol. The van der Waals surface area contributed by atoms with Crippen molar-refractivity contribution in [2.75, 3.05) is 0 Å². The van der Waals surface area contributed by atoms with Crippen molar-refractivity contribution in [3.05, 3.63) is 16.1 Å². The van der Waals surface area contributed by atoms with Crippen molar-refractivity contribution < 1.29 is 4.79 Å². The monoisotopic (exact) mass is 295 g/mol. The first-order valence-corrected chi connectivity index (χ1v) is 8.21. The van der Waals surface area contributed by atoms with Crippen LogP contribution in [-0.4, -0.2) is 16.4 Å². The molecule has 1 aliphatic carbocycles. The maximum atomic E-state index is 12.2. The number of thiazole rings is 1. The minimum Gasteiger partial charge on any atom is -0.348 e. The first kappa shape index (κ1) is 15.4. The van der Waals surface area contributed by atoms with Crippen LogP contribution >= 0.6 is 11.3 Å². The molecule has 0 spiro atoms. The standard InChI is InChI=1S/C15H25N3OS/c1-14(2,3)11-10-20-12(18-11)9-17-13(19)15(16)7-5-4-6-8-15/h10H,4-9,16H2,1-3H3,(H,17,19). The van der Waals surface area contributed by atoms with E-state index >= 15 is 0 Å². The van der Waals surface area contributed by atoms with Crippen molar-refractivity contribution in [3.63, 3.8) is 0 Å². The number of nitrogens with one attached hydrogen (secondary N) is 1. The van der Waals surface area contributed by atoms with Gasteiger partial charge in [-0.25, -0.2) is 4.98 Å². The van der Waals surface area contributed by atoms with Crippen molar-refractivity contribution in [1.82, 2.24) is 10.3 Å². The molecule has 2 rings (SSSR count). The Morgan fingerprint density at radius 1 is 1.40 bits per heavy atom. The summed E-state index contributed by atoms with van der Waals surface area (Å²) in [5.74, 6) is -0.0234. The first-order chi connectivity index (χ1) is 9.31. The third kappa shape index (κ3) is 3.58. The van der Waals surface area contributed by atoms with Crippen molar-refractivity contribution in [2.45, 2.75) is 70.4 Å². The summed E-state index contributed by atoms with van der Waals surface area (Å²) in [7, 11) is 0. The normalized spacial score (nSPS) is 18.8. The van der Waals surface area contributed by atoms with Crippen molar-refractivity contribution in [2.24, 2.45) is 5.73 Å².